The molecule has 3 amide bonds. The number of rotatable bonds is 4. The maximum atomic E-state index is 12.8. The lowest BCUT2D eigenvalue weighted by Gasteiger charge is -2.34. The molecular formula is C19H24N2O2. The highest BCUT2D eigenvalue weighted by Gasteiger charge is 2.51. The standard InChI is InChI=1S/C19H24N2O2/c1-19(16-12-6-3-7-13-16)17(22)21(18(23)20-19)14-8-11-15-9-4-2-5-10-15/h2,4-5,8-11,16H,3,6-7,12-14H2,1H3,(H,20,23)/b11-8+/t19-/m1/s1. The van der Waals surface area contributed by atoms with Gasteiger partial charge >= 0.3 is 6.03 Å². The Kier molecular flexibility index (Phi) is 4.51. The van der Waals surface area contributed by atoms with E-state index in [1.807, 2.05) is 49.4 Å². The summed E-state index contributed by atoms with van der Waals surface area (Å²) < 4.78 is 0. The average Bonchev–Trinajstić information content (AvgIpc) is 2.81. The summed E-state index contributed by atoms with van der Waals surface area (Å²) in [6.07, 6.45) is 9.40. The van der Waals surface area contributed by atoms with E-state index in [1.54, 1.807) is 0 Å². The molecular weight excluding hydrogens is 288 g/mol. The van der Waals surface area contributed by atoms with E-state index in [4.69, 9.17) is 0 Å². The van der Waals surface area contributed by atoms with Crippen LogP contribution in [0.1, 0.15) is 44.6 Å². The Morgan fingerprint density at radius 3 is 2.57 bits per heavy atom. The van der Waals surface area contributed by atoms with Crippen LogP contribution in [0.25, 0.3) is 6.08 Å². The Labute approximate surface area is 137 Å². The molecule has 0 bridgehead atoms. The molecule has 0 aromatic heterocycles. The third-order valence-electron chi connectivity index (χ3n) is 5.12. The van der Waals surface area contributed by atoms with Crippen LogP contribution < -0.4 is 5.32 Å². The van der Waals surface area contributed by atoms with Crippen molar-refractivity contribution in [1.82, 2.24) is 10.2 Å². The van der Waals surface area contributed by atoms with Gasteiger partial charge in [-0.25, -0.2) is 4.79 Å². The van der Waals surface area contributed by atoms with E-state index < -0.39 is 5.54 Å². The molecule has 1 aromatic carbocycles. The Morgan fingerprint density at radius 2 is 1.87 bits per heavy atom. The lowest BCUT2D eigenvalue weighted by atomic mass is 9.75. The number of hydrogen-bond acceptors (Lipinski definition) is 2. The van der Waals surface area contributed by atoms with Crippen LogP contribution in [0.5, 0.6) is 0 Å². The Bertz CT molecular complexity index is 605. The minimum Gasteiger partial charge on any atom is -0.323 e. The second kappa shape index (κ2) is 6.57. The largest absolute Gasteiger partial charge is 0.325 e. The zero-order valence-electron chi connectivity index (χ0n) is 13.6. The van der Waals surface area contributed by atoms with Gasteiger partial charge in [-0.05, 0) is 31.2 Å². The van der Waals surface area contributed by atoms with Crippen LogP contribution in [0.15, 0.2) is 36.4 Å². The van der Waals surface area contributed by atoms with Gasteiger partial charge in [0, 0.05) is 6.54 Å². The predicted octanol–water partition coefficient (Wildman–Crippen LogP) is 3.59. The maximum absolute atomic E-state index is 12.8. The van der Waals surface area contributed by atoms with Gasteiger partial charge in [-0.3, -0.25) is 9.69 Å². The lowest BCUT2D eigenvalue weighted by Crippen LogP contribution is -2.51. The number of amides is 3. The summed E-state index contributed by atoms with van der Waals surface area (Å²) >= 11 is 0. The first kappa shape index (κ1) is 15.8. The van der Waals surface area contributed by atoms with Crippen molar-refractivity contribution in [2.24, 2.45) is 5.92 Å². The molecule has 0 unspecified atom stereocenters. The molecule has 1 atom stereocenters. The molecule has 1 heterocycles. The van der Waals surface area contributed by atoms with Crippen LogP contribution in [0, 0.1) is 5.92 Å². The number of nitrogens with zero attached hydrogens (tertiary/aromatic N) is 1. The fraction of sp³-hybridized carbons (Fsp3) is 0.474. The molecule has 1 aromatic rings. The van der Waals surface area contributed by atoms with Gasteiger partial charge < -0.3 is 5.32 Å². The highest BCUT2D eigenvalue weighted by molar-refractivity contribution is 6.07. The van der Waals surface area contributed by atoms with Crippen molar-refractivity contribution in [3.8, 4) is 0 Å². The molecule has 0 radical (unpaired) electrons. The van der Waals surface area contributed by atoms with Crippen molar-refractivity contribution < 1.29 is 9.59 Å². The molecule has 1 saturated carbocycles. The molecule has 1 N–H and O–H groups in total. The first-order valence-electron chi connectivity index (χ1n) is 8.47. The second-order valence-electron chi connectivity index (χ2n) is 6.70. The summed E-state index contributed by atoms with van der Waals surface area (Å²) in [6, 6.07) is 9.62. The molecule has 1 aliphatic carbocycles. The lowest BCUT2D eigenvalue weighted by molar-refractivity contribution is -0.132. The van der Waals surface area contributed by atoms with Gasteiger partial charge in [-0.2, -0.15) is 0 Å². The van der Waals surface area contributed by atoms with Gasteiger partial charge in [-0.15, -0.1) is 0 Å². The SMILES string of the molecule is C[C@]1(C2CCCCC2)NC(=O)N(C/C=C/c2ccccc2)C1=O. The van der Waals surface area contributed by atoms with Crippen molar-refractivity contribution in [2.45, 2.75) is 44.6 Å². The molecule has 0 spiro atoms. The first-order valence-corrected chi connectivity index (χ1v) is 8.47. The van der Waals surface area contributed by atoms with E-state index in [0.717, 1.165) is 31.2 Å². The fourth-order valence-electron chi connectivity index (χ4n) is 3.70. The number of benzene rings is 1. The highest BCUT2D eigenvalue weighted by Crippen LogP contribution is 2.36. The smallest absolute Gasteiger partial charge is 0.323 e. The van der Waals surface area contributed by atoms with Crippen LogP contribution in [0.3, 0.4) is 0 Å². The molecule has 23 heavy (non-hydrogen) atoms. The molecule has 122 valence electrons. The topological polar surface area (TPSA) is 49.4 Å². The van der Waals surface area contributed by atoms with Crippen molar-refractivity contribution in [2.75, 3.05) is 6.54 Å². The maximum Gasteiger partial charge on any atom is 0.325 e. The van der Waals surface area contributed by atoms with E-state index in [0.29, 0.717) is 6.54 Å². The van der Waals surface area contributed by atoms with Gasteiger partial charge in [0.15, 0.2) is 0 Å². The molecule has 1 saturated heterocycles. The molecule has 3 rings (SSSR count). The fourth-order valence-corrected chi connectivity index (χ4v) is 3.70. The molecule has 2 aliphatic rings. The van der Waals surface area contributed by atoms with Crippen molar-refractivity contribution in [3.63, 3.8) is 0 Å². The van der Waals surface area contributed by atoms with Crippen LogP contribution >= 0.6 is 0 Å². The predicted molar refractivity (Wildman–Crippen MR) is 90.7 cm³/mol. The molecule has 2 fully saturated rings. The van der Waals surface area contributed by atoms with Gasteiger partial charge in [-0.1, -0.05) is 61.7 Å². The summed E-state index contributed by atoms with van der Waals surface area (Å²) in [4.78, 5) is 26.4. The van der Waals surface area contributed by atoms with Crippen LogP contribution in [0.4, 0.5) is 4.79 Å². The normalized spacial score (nSPS) is 26.0. The Morgan fingerprint density at radius 1 is 1.17 bits per heavy atom. The summed E-state index contributed by atoms with van der Waals surface area (Å²) in [6.45, 7) is 2.21. The van der Waals surface area contributed by atoms with Crippen LogP contribution in [-0.4, -0.2) is 28.9 Å². The first-order chi connectivity index (χ1) is 11.1. The summed E-state index contributed by atoms with van der Waals surface area (Å²) in [5.74, 6) is 0.183. The summed E-state index contributed by atoms with van der Waals surface area (Å²) in [7, 11) is 0. The molecule has 1 aliphatic heterocycles. The zero-order valence-corrected chi connectivity index (χ0v) is 13.6. The van der Waals surface area contributed by atoms with E-state index in [1.165, 1.54) is 11.3 Å². The molecule has 4 heteroatoms. The Balaban J connectivity index is 1.67. The number of hydrogen-bond donors (Lipinski definition) is 1. The number of carbonyl (C=O) groups excluding carboxylic acids is 2. The minimum atomic E-state index is -0.724. The van der Waals surface area contributed by atoms with Crippen molar-refractivity contribution in [3.05, 3.63) is 42.0 Å². The number of carbonyl (C=O) groups is 2. The Hall–Kier alpha value is -2.10. The van der Waals surface area contributed by atoms with Gasteiger partial charge in [0.2, 0.25) is 0 Å². The summed E-state index contributed by atoms with van der Waals surface area (Å²) in [5, 5.41) is 2.95. The molecule has 4 nitrogen and oxygen atoms in total. The van der Waals surface area contributed by atoms with Gasteiger partial charge in [0.1, 0.15) is 5.54 Å². The van der Waals surface area contributed by atoms with E-state index in [9.17, 15) is 9.59 Å². The van der Waals surface area contributed by atoms with E-state index in [-0.39, 0.29) is 17.9 Å². The second-order valence-corrected chi connectivity index (χ2v) is 6.70. The van der Waals surface area contributed by atoms with E-state index in [2.05, 4.69) is 5.32 Å². The monoisotopic (exact) mass is 312 g/mol. The highest BCUT2D eigenvalue weighted by atomic mass is 16.2. The third-order valence-corrected chi connectivity index (χ3v) is 5.12. The number of urea groups is 1. The minimum absolute atomic E-state index is 0.0767. The van der Waals surface area contributed by atoms with Crippen LogP contribution in [-0.2, 0) is 4.79 Å². The van der Waals surface area contributed by atoms with Gasteiger partial charge in [0.25, 0.3) is 5.91 Å². The van der Waals surface area contributed by atoms with E-state index >= 15 is 0 Å². The van der Waals surface area contributed by atoms with Crippen molar-refractivity contribution >= 4 is 18.0 Å². The van der Waals surface area contributed by atoms with Crippen LogP contribution in [0.2, 0.25) is 0 Å². The van der Waals surface area contributed by atoms with Crippen molar-refractivity contribution in [1.29, 1.82) is 0 Å². The van der Waals surface area contributed by atoms with Gasteiger partial charge in [0.05, 0.1) is 0 Å². The quantitative estimate of drug-likeness (QED) is 0.864. The number of nitrogens with one attached hydrogen (secondary N) is 1. The summed E-state index contributed by atoms with van der Waals surface area (Å²) in [5.41, 5.74) is 0.340. The third kappa shape index (κ3) is 3.16. The zero-order chi connectivity index (χ0) is 16.3. The number of imide groups is 1. The average molecular weight is 312 g/mol.